The maximum Gasteiger partial charge on any atom is 0.310 e. The van der Waals surface area contributed by atoms with Crippen LogP contribution in [0.4, 0.5) is 0 Å². The standard InChI is InChI=1S/C29H57O4P/c1-4-7-10-13-16-19-22-34(23-20-17-14-11-8-5-2,24-21-18-15-12-9-6-3)26-27(29(32)33)25-28(30)31/h27H,4-26H2,1-3H3,(H-,30,31,32,33)/p+1. The number of carboxylic acid groups (broad SMARTS) is 2. The van der Waals surface area contributed by atoms with Crippen LogP contribution in [0.5, 0.6) is 0 Å². The van der Waals surface area contributed by atoms with Crippen molar-refractivity contribution in [3.63, 3.8) is 0 Å². The molecular weight excluding hydrogens is 443 g/mol. The Hall–Kier alpha value is -0.630. The van der Waals surface area contributed by atoms with E-state index >= 15 is 0 Å². The van der Waals surface area contributed by atoms with Crippen LogP contribution in [0.25, 0.3) is 0 Å². The first-order valence-electron chi connectivity index (χ1n) is 14.7. The molecule has 5 heteroatoms. The van der Waals surface area contributed by atoms with Gasteiger partial charge in [-0.15, -0.1) is 0 Å². The lowest BCUT2D eigenvalue weighted by Crippen LogP contribution is -2.26. The molecule has 34 heavy (non-hydrogen) atoms. The van der Waals surface area contributed by atoms with Gasteiger partial charge >= 0.3 is 11.9 Å². The number of unbranched alkanes of at least 4 members (excludes halogenated alkanes) is 15. The Bertz CT molecular complexity index is 454. The van der Waals surface area contributed by atoms with E-state index in [0.29, 0.717) is 6.16 Å². The van der Waals surface area contributed by atoms with Crippen LogP contribution in [-0.2, 0) is 9.59 Å². The lowest BCUT2D eigenvalue weighted by molar-refractivity contribution is -0.147. The quantitative estimate of drug-likeness (QED) is 0.0914. The normalized spacial score (nSPS) is 12.7. The van der Waals surface area contributed by atoms with Crippen LogP contribution in [0.3, 0.4) is 0 Å². The van der Waals surface area contributed by atoms with Gasteiger partial charge < -0.3 is 10.2 Å². The summed E-state index contributed by atoms with van der Waals surface area (Å²) in [4.78, 5) is 23.4. The number of carbonyl (C=O) groups is 2. The summed E-state index contributed by atoms with van der Waals surface area (Å²) in [5, 5.41) is 19.2. The van der Waals surface area contributed by atoms with Gasteiger partial charge in [-0.1, -0.05) is 97.8 Å². The monoisotopic (exact) mass is 501 g/mol. The molecule has 0 aromatic heterocycles. The van der Waals surface area contributed by atoms with Crippen molar-refractivity contribution in [2.24, 2.45) is 5.92 Å². The molecule has 0 aromatic carbocycles. The summed E-state index contributed by atoms with van der Waals surface area (Å²) in [6.45, 7) is 6.73. The Morgan fingerprint density at radius 1 is 0.559 bits per heavy atom. The molecule has 202 valence electrons. The third-order valence-electron chi connectivity index (χ3n) is 7.34. The summed E-state index contributed by atoms with van der Waals surface area (Å²) in [5.74, 6) is -2.59. The summed E-state index contributed by atoms with van der Waals surface area (Å²) in [6, 6.07) is 0. The van der Waals surface area contributed by atoms with Crippen LogP contribution < -0.4 is 0 Å². The molecule has 0 fully saturated rings. The molecule has 2 N–H and O–H groups in total. The van der Waals surface area contributed by atoms with Gasteiger partial charge in [-0.3, -0.25) is 9.59 Å². The Kier molecular flexibility index (Phi) is 22.4. The Morgan fingerprint density at radius 3 is 1.18 bits per heavy atom. The SMILES string of the molecule is CCCCCCCC[P+](CCCCCCCC)(CCCCCCCC)CC(CC(=O)O)C(=O)O. The van der Waals surface area contributed by atoms with Crippen LogP contribution in [0.15, 0.2) is 0 Å². The van der Waals surface area contributed by atoms with E-state index in [2.05, 4.69) is 20.8 Å². The smallest absolute Gasteiger partial charge is 0.310 e. The lowest BCUT2D eigenvalue weighted by atomic mass is 10.1. The summed E-state index contributed by atoms with van der Waals surface area (Å²) in [6.07, 6.45) is 26.6. The van der Waals surface area contributed by atoms with Gasteiger partial charge in [0.05, 0.1) is 31.1 Å². The van der Waals surface area contributed by atoms with Gasteiger partial charge in [0.1, 0.15) is 5.92 Å². The molecule has 0 aromatic rings. The summed E-state index contributed by atoms with van der Waals surface area (Å²) in [5.41, 5.74) is 0. The summed E-state index contributed by atoms with van der Waals surface area (Å²) < 4.78 is 0. The molecule has 0 heterocycles. The van der Waals surface area contributed by atoms with Crippen molar-refractivity contribution in [3.8, 4) is 0 Å². The fraction of sp³-hybridized carbons (Fsp3) is 0.931. The predicted octanol–water partition coefficient (Wildman–Crippen LogP) is 9.26. The molecule has 0 spiro atoms. The molecular formula is C29H58O4P+. The molecule has 0 amide bonds. The van der Waals surface area contributed by atoms with E-state index in [4.69, 9.17) is 0 Å². The molecule has 0 aliphatic rings. The zero-order valence-electron chi connectivity index (χ0n) is 23.0. The molecule has 0 aliphatic carbocycles. The topological polar surface area (TPSA) is 74.6 Å². The first-order valence-corrected chi connectivity index (χ1v) is 17.2. The Morgan fingerprint density at radius 2 is 0.882 bits per heavy atom. The predicted molar refractivity (Wildman–Crippen MR) is 150 cm³/mol. The number of hydrogen-bond acceptors (Lipinski definition) is 2. The molecule has 0 saturated heterocycles. The highest BCUT2D eigenvalue weighted by Crippen LogP contribution is 2.62. The minimum Gasteiger partial charge on any atom is -0.481 e. The van der Waals surface area contributed by atoms with E-state index in [1.165, 1.54) is 134 Å². The number of carboxylic acids is 2. The molecule has 0 saturated carbocycles. The molecule has 1 unspecified atom stereocenters. The van der Waals surface area contributed by atoms with Crippen molar-refractivity contribution in [2.45, 2.75) is 143 Å². The van der Waals surface area contributed by atoms with Gasteiger partial charge in [-0.25, -0.2) is 0 Å². The van der Waals surface area contributed by atoms with Gasteiger partial charge in [-0.2, -0.15) is 0 Å². The fourth-order valence-corrected chi connectivity index (χ4v) is 10.3. The largest absolute Gasteiger partial charge is 0.481 e. The minimum atomic E-state index is -1.47. The first kappa shape index (κ1) is 33.4. The summed E-state index contributed by atoms with van der Waals surface area (Å²) >= 11 is 0. The second-order valence-electron chi connectivity index (χ2n) is 10.6. The number of rotatable bonds is 26. The van der Waals surface area contributed by atoms with Gasteiger partial charge in [0.2, 0.25) is 0 Å². The second kappa shape index (κ2) is 22.8. The van der Waals surface area contributed by atoms with Crippen molar-refractivity contribution < 1.29 is 19.8 Å². The molecule has 0 rings (SSSR count). The van der Waals surface area contributed by atoms with Gasteiger partial charge in [0.15, 0.2) is 0 Å². The second-order valence-corrected chi connectivity index (χ2v) is 15.0. The molecule has 1 atom stereocenters. The van der Waals surface area contributed by atoms with Crippen LogP contribution in [-0.4, -0.2) is 46.8 Å². The number of aliphatic carboxylic acids is 2. The minimum absolute atomic E-state index is 0.222. The fourth-order valence-electron chi connectivity index (χ4n) is 5.20. The highest BCUT2D eigenvalue weighted by Gasteiger charge is 2.41. The summed E-state index contributed by atoms with van der Waals surface area (Å²) in [7, 11) is -1.47. The van der Waals surface area contributed by atoms with Crippen LogP contribution in [0.2, 0.25) is 0 Å². The lowest BCUT2D eigenvalue weighted by Gasteiger charge is -2.30. The van der Waals surface area contributed by atoms with E-state index in [1.54, 1.807) is 0 Å². The molecule has 0 aliphatic heterocycles. The maximum absolute atomic E-state index is 12.0. The van der Waals surface area contributed by atoms with Crippen molar-refractivity contribution in [3.05, 3.63) is 0 Å². The first-order chi connectivity index (χ1) is 16.4. The van der Waals surface area contributed by atoms with Gasteiger partial charge in [0.25, 0.3) is 0 Å². The third kappa shape index (κ3) is 18.7. The highest BCUT2D eigenvalue weighted by atomic mass is 31.2. The average Bonchev–Trinajstić information content (AvgIpc) is 2.80. The third-order valence-corrected chi connectivity index (χ3v) is 12.3. The van der Waals surface area contributed by atoms with E-state index in [9.17, 15) is 19.8 Å². The zero-order valence-corrected chi connectivity index (χ0v) is 23.9. The number of hydrogen-bond donors (Lipinski definition) is 2. The van der Waals surface area contributed by atoms with Crippen molar-refractivity contribution in [2.75, 3.05) is 24.6 Å². The van der Waals surface area contributed by atoms with Gasteiger partial charge in [0, 0.05) is 7.26 Å². The highest BCUT2D eigenvalue weighted by molar-refractivity contribution is 7.75. The van der Waals surface area contributed by atoms with Gasteiger partial charge in [-0.05, 0) is 38.5 Å². The van der Waals surface area contributed by atoms with Crippen LogP contribution in [0, 0.1) is 5.92 Å². The molecule has 4 nitrogen and oxygen atoms in total. The van der Waals surface area contributed by atoms with Crippen molar-refractivity contribution in [1.29, 1.82) is 0 Å². The van der Waals surface area contributed by atoms with Crippen LogP contribution >= 0.6 is 7.26 Å². The van der Waals surface area contributed by atoms with E-state index in [1.807, 2.05) is 0 Å². The molecule has 0 radical (unpaired) electrons. The van der Waals surface area contributed by atoms with E-state index < -0.39 is 25.1 Å². The Balaban J connectivity index is 5.26. The zero-order chi connectivity index (χ0) is 25.5. The van der Waals surface area contributed by atoms with Crippen molar-refractivity contribution >= 4 is 19.2 Å². The molecule has 0 bridgehead atoms. The maximum atomic E-state index is 12.0. The van der Waals surface area contributed by atoms with E-state index in [-0.39, 0.29) is 6.42 Å². The van der Waals surface area contributed by atoms with E-state index in [0.717, 1.165) is 0 Å². The van der Waals surface area contributed by atoms with Crippen LogP contribution in [0.1, 0.15) is 143 Å². The Labute approximate surface area is 212 Å². The van der Waals surface area contributed by atoms with Crippen molar-refractivity contribution in [1.82, 2.24) is 0 Å². The average molecular weight is 502 g/mol.